The summed E-state index contributed by atoms with van der Waals surface area (Å²) in [7, 11) is 3.07. The predicted octanol–water partition coefficient (Wildman–Crippen LogP) is 10.3. The number of hydrogen-bond acceptors (Lipinski definition) is 4. The highest BCUT2D eigenvalue weighted by Crippen LogP contribution is 2.26. The van der Waals surface area contributed by atoms with Crippen molar-refractivity contribution in [2.45, 2.75) is 33.8 Å². The van der Waals surface area contributed by atoms with Crippen molar-refractivity contribution in [3.63, 3.8) is 0 Å². The van der Waals surface area contributed by atoms with Gasteiger partial charge in [0.1, 0.15) is 24.0 Å². The summed E-state index contributed by atoms with van der Waals surface area (Å²) in [5, 5.41) is 0. The first-order valence-electron chi connectivity index (χ1n) is 14.6. The molecule has 3 aromatic carbocycles. The molecule has 0 amide bonds. The normalized spacial score (nSPS) is 11.3. The van der Waals surface area contributed by atoms with Crippen LogP contribution in [0.4, 0.5) is 4.39 Å². The van der Waals surface area contributed by atoms with E-state index >= 15 is 4.39 Å². The summed E-state index contributed by atoms with van der Waals surface area (Å²) < 4.78 is 25.7. The van der Waals surface area contributed by atoms with Crippen molar-refractivity contribution in [1.82, 2.24) is 4.90 Å². The van der Waals surface area contributed by atoms with Crippen molar-refractivity contribution >= 4 is 29.5 Å². The van der Waals surface area contributed by atoms with Crippen LogP contribution >= 0.6 is 11.6 Å². The van der Waals surface area contributed by atoms with Crippen LogP contribution in [0.5, 0.6) is 5.75 Å². The molecule has 7 heteroatoms. The zero-order chi connectivity index (χ0) is 33.5. The van der Waals surface area contributed by atoms with Crippen LogP contribution in [0, 0.1) is 5.82 Å². The minimum Gasteiger partial charge on any atom is -0.489 e. The fourth-order valence-electron chi connectivity index (χ4n) is 3.79. The largest absolute Gasteiger partial charge is 0.489 e. The first kappa shape index (κ1) is 38.3. The lowest BCUT2D eigenvalue weighted by molar-refractivity contribution is 0.0600. The van der Waals surface area contributed by atoms with Crippen molar-refractivity contribution in [2.24, 2.45) is 4.99 Å². The molecule has 0 aliphatic carbocycles. The second-order valence-electron chi connectivity index (χ2n) is 9.08. The fraction of sp³-hybridized carbons (Fsp3) is 0.211. The second kappa shape index (κ2) is 22.8. The Morgan fingerprint density at radius 1 is 1.02 bits per heavy atom. The fourth-order valence-corrected chi connectivity index (χ4v) is 3.97. The summed E-state index contributed by atoms with van der Waals surface area (Å²) in [6.45, 7) is 13.1. The van der Waals surface area contributed by atoms with Gasteiger partial charge in [-0.2, -0.15) is 0 Å². The Labute approximate surface area is 273 Å². The molecule has 0 saturated carbocycles. The lowest BCUT2D eigenvalue weighted by Gasteiger charge is -2.17. The molecule has 0 radical (unpaired) electrons. The molecule has 3 aromatic rings. The van der Waals surface area contributed by atoms with Crippen LogP contribution in [0.2, 0.25) is 0 Å². The smallest absolute Gasteiger partial charge is 0.337 e. The van der Waals surface area contributed by atoms with Crippen LogP contribution in [0.3, 0.4) is 0 Å². The average Bonchev–Trinajstić information content (AvgIpc) is 3.08. The molecule has 0 unspecified atom stereocenters. The number of esters is 1. The first-order chi connectivity index (χ1) is 21.9. The molecule has 0 aromatic heterocycles. The summed E-state index contributed by atoms with van der Waals surface area (Å²) in [6, 6.07) is 19.8. The van der Waals surface area contributed by atoms with E-state index in [1.807, 2.05) is 105 Å². The summed E-state index contributed by atoms with van der Waals surface area (Å²) >= 11 is 5.12. The van der Waals surface area contributed by atoms with Gasteiger partial charge >= 0.3 is 5.97 Å². The highest BCUT2D eigenvalue weighted by atomic mass is 35.5. The van der Waals surface area contributed by atoms with E-state index in [0.29, 0.717) is 23.5 Å². The number of hydrogen-bond donors (Lipinski definition) is 0. The van der Waals surface area contributed by atoms with Crippen LogP contribution in [0.15, 0.2) is 127 Å². The molecule has 238 valence electrons. The minimum atomic E-state index is -0.377. The van der Waals surface area contributed by atoms with Crippen molar-refractivity contribution in [2.75, 3.05) is 20.7 Å². The minimum absolute atomic E-state index is 0.321. The Bertz CT molecular complexity index is 1460. The number of allylic oxidation sites excluding steroid dienone is 4. The van der Waals surface area contributed by atoms with E-state index < -0.39 is 0 Å². The molecule has 0 spiro atoms. The summed E-state index contributed by atoms with van der Waals surface area (Å²) in [5.74, 6) is 0.705. The Hall–Kier alpha value is -4.68. The molecule has 0 N–H and O–H groups in total. The molecule has 45 heavy (non-hydrogen) atoms. The van der Waals surface area contributed by atoms with Gasteiger partial charge in [-0.1, -0.05) is 73.2 Å². The number of likely N-dealkylation sites (N-methyl/N-ethyl adjacent to an activating group) is 1. The number of carbonyl (C=O) groups is 1. The van der Waals surface area contributed by atoms with Crippen LogP contribution in [-0.2, 0) is 11.3 Å². The van der Waals surface area contributed by atoms with E-state index in [4.69, 9.17) is 21.1 Å². The van der Waals surface area contributed by atoms with Gasteiger partial charge < -0.3 is 14.4 Å². The van der Waals surface area contributed by atoms with Gasteiger partial charge in [0.05, 0.1) is 12.7 Å². The van der Waals surface area contributed by atoms with Crippen LogP contribution in [0.1, 0.15) is 48.7 Å². The van der Waals surface area contributed by atoms with Gasteiger partial charge in [-0.05, 0) is 85.5 Å². The third-order valence-electron chi connectivity index (χ3n) is 6.12. The van der Waals surface area contributed by atoms with Crippen molar-refractivity contribution in [3.8, 4) is 16.9 Å². The van der Waals surface area contributed by atoms with Crippen molar-refractivity contribution in [3.05, 3.63) is 145 Å². The van der Waals surface area contributed by atoms with Gasteiger partial charge in [-0.15, -0.1) is 13.2 Å². The maximum absolute atomic E-state index is 15.0. The summed E-state index contributed by atoms with van der Waals surface area (Å²) in [5.41, 5.74) is 5.01. The molecule has 3 rings (SSSR count). The number of nitrogens with zero attached hydrogens (tertiary/aromatic N) is 2. The predicted molar refractivity (Wildman–Crippen MR) is 189 cm³/mol. The molecule has 0 bridgehead atoms. The third kappa shape index (κ3) is 13.7. The average molecular weight is 631 g/mol. The molecular formula is C38H44ClFN2O3. The Morgan fingerprint density at radius 3 is 2.29 bits per heavy atom. The Morgan fingerprint density at radius 2 is 1.73 bits per heavy atom. The molecule has 0 saturated heterocycles. The highest BCUT2D eigenvalue weighted by Gasteiger charge is 2.08. The molecule has 0 atom stereocenters. The maximum Gasteiger partial charge on any atom is 0.337 e. The number of methoxy groups -OCH3 is 1. The standard InChI is InChI=1S/C32H33FN2O3.C4H7Cl.C2H4/c1-5-7-8-20-35(6-2)31(34-3)19-18-25-16-17-28(22-30(25)33)27-10-9-11-29(21-27)38-23-24-12-14-26(15-13-24)32(36)37-4;1-2-3-4-5;1-2/h5,7-22H,6,23H2,1-4H3;3-4H,2H2,1H3;1-2H2/b7-5+,19-18+,20-8+,34-31?;4-3+;. The third-order valence-corrected chi connectivity index (χ3v) is 6.30. The molecule has 0 fully saturated rings. The van der Waals surface area contributed by atoms with Gasteiger partial charge in [0, 0.05) is 30.9 Å². The quantitative estimate of drug-likeness (QED) is 0.0695. The van der Waals surface area contributed by atoms with E-state index in [1.165, 1.54) is 18.7 Å². The van der Waals surface area contributed by atoms with E-state index in [2.05, 4.69) is 18.2 Å². The lowest BCUT2D eigenvalue weighted by Crippen LogP contribution is -2.23. The van der Waals surface area contributed by atoms with Gasteiger partial charge in [-0.25, -0.2) is 9.18 Å². The number of ether oxygens (including phenoxy) is 2. The summed E-state index contributed by atoms with van der Waals surface area (Å²) in [4.78, 5) is 17.9. The van der Waals surface area contributed by atoms with Crippen LogP contribution < -0.4 is 4.74 Å². The van der Waals surface area contributed by atoms with Crippen LogP contribution in [0.25, 0.3) is 17.2 Å². The Balaban J connectivity index is 0.00000131. The van der Waals surface area contributed by atoms with E-state index in [1.54, 1.807) is 31.3 Å². The van der Waals surface area contributed by atoms with E-state index in [9.17, 15) is 4.79 Å². The topological polar surface area (TPSA) is 51.1 Å². The highest BCUT2D eigenvalue weighted by molar-refractivity contribution is 6.25. The van der Waals surface area contributed by atoms with Gasteiger partial charge in [0.2, 0.25) is 0 Å². The number of amidine groups is 1. The first-order valence-corrected chi connectivity index (χ1v) is 15.0. The number of rotatable bonds is 11. The zero-order valence-electron chi connectivity index (χ0n) is 26.9. The van der Waals surface area contributed by atoms with Gasteiger partial charge in [0.25, 0.3) is 0 Å². The molecule has 5 nitrogen and oxygen atoms in total. The molecule has 0 aliphatic heterocycles. The second-order valence-corrected chi connectivity index (χ2v) is 9.33. The summed E-state index contributed by atoms with van der Waals surface area (Å²) in [6.07, 6.45) is 14.3. The lowest BCUT2D eigenvalue weighted by atomic mass is 10.0. The van der Waals surface area contributed by atoms with E-state index in [0.717, 1.165) is 35.5 Å². The van der Waals surface area contributed by atoms with Gasteiger partial charge in [0.15, 0.2) is 0 Å². The maximum atomic E-state index is 15.0. The molecule has 0 aliphatic rings. The van der Waals surface area contributed by atoms with Gasteiger partial charge in [-0.3, -0.25) is 4.99 Å². The Kier molecular flexibility index (Phi) is 19.4. The van der Waals surface area contributed by atoms with Crippen molar-refractivity contribution < 1.29 is 18.7 Å². The number of halogens is 2. The monoisotopic (exact) mass is 630 g/mol. The number of aliphatic imine (C=N–C) groups is 1. The number of carbonyl (C=O) groups excluding carboxylic acids is 1. The molecular weight excluding hydrogens is 587 g/mol. The van der Waals surface area contributed by atoms with Crippen LogP contribution in [-0.4, -0.2) is 37.4 Å². The molecule has 0 heterocycles. The zero-order valence-corrected chi connectivity index (χ0v) is 27.6. The van der Waals surface area contributed by atoms with E-state index in [-0.39, 0.29) is 11.8 Å². The van der Waals surface area contributed by atoms with Crippen molar-refractivity contribution in [1.29, 1.82) is 0 Å². The SMILES string of the molecule is C/C=C/C=C/N(CC)C(/C=C/c1ccc(-c2cccc(OCc3ccc(C(=O)OC)cc3)c2)cc1F)=NC.C=C.CC/C=C/Cl. The number of benzene rings is 3.